The Bertz CT molecular complexity index is 440. The molecule has 2 nitrogen and oxygen atoms in total. The number of halogens is 2. The molecular formula is C15H20BrFN2. The van der Waals surface area contributed by atoms with Gasteiger partial charge in [0.15, 0.2) is 0 Å². The maximum Gasteiger partial charge on any atom is 0.127 e. The molecule has 1 N–H and O–H groups in total. The molecule has 1 saturated heterocycles. The third kappa shape index (κ3) is 3.56. The summed E-state index contributed by atoms with van der Waals surface area (Å²) in [4.78, 5) is 2.61. The van der Waals surface area contributed by atoms with Crippen molar-refractivity contribution in [2.75, 3.05) is 13.1 Å². The summed E-state index contributed by atoms with van der Waals surface area (Å²) in [6, 6.07) is 6.54. The van der Waals surface area contributed by atoms with Gasteiger partial charge in [-0.05, 0) is 57.0 Å². The molecule has 1 aliphatic heterocycles. The first kappa shape index (κ1) is 13.5. The molecule has 1 saturated carbocycles. The van der Waals surface area contributed by atoms with Gasteiger partial charge in [0.05, 0.1) is 0 Å². The van der Waals surface area contributed by atoms with E-state index in [1.807, 2.05) is 6.07 Å². The van der Waals surface area contributed by atoms with Crippen LogP contribution in [0, 0.1) is 5.82 Å². The minimum atomic E-state index is -0.119. The van der Waals surface area contributed by atoms with Crippen molar-refractivity contribution in [3.63, 3.8) is 0 Å². The number of hydrogen-bond donors (Lipinski definition) is 1. The first-order chi connectivity index (χ1) is 9.22. The van der Waals surface area contributed by atoms with Gasteiger partial charge in [-0.3, -0.25) is 0 Å². The Hall–Kier alpha value is -0.450. The molecule has 1 aromatic carbocycles. The highest BCUT2D eigenvalue weighted by Crippen LogP contribution is 2.29. The number of benzene rings is 1. The van der Waals surface area contributed by atoms with Gasteiger partial charge in [-0.25, -0.2) is 4.39 Å². The minimum absolute atomic E-state index is 0.119. The van der Waals surface area contributed by atoms with E-state index in [-0.39, 0.29) is 5.82 Å². The van der Waals surface area contributed by atoms with Crippen LogP contribution in [0.1, 0.15) is 31.2 Å². The standard InChI is InChI=1S/C15H20BrFN2/c16-12-1-4-15(17)11(9-12)10-18-13-5-7-19(8-6-13)14-2-3-14/h1,4,9,13-14,18H,2-3,5-8,10H2. The fourth-order valence-electron chi connectivity index (χ4n) is 2.84. The largest absolute Gasteiger partial charge is 0.310 e. The molecule has 2 fully saturated rings. The molecule has 4 heteroatoms. The van der Waals surface area contributed by atoms with E-state index in [1.54, 1.807) is 6.07 Å². The van der Waals surface area contributed by atoms with Crippen molar-refractivity contribution in [3.8, 4) is 0 Å². The molecule has 0 spiro atoms. The van der Waals surface area contributed by atoms with E-state index in [0.29, 0.717) is 12.6 Å². The number of nitrogens with zero attached hydrogens (tertiary/aromatic N) is 1. The van der Waals surface area contributed by atoms with E-state index in [9.17, 15) is 4.39 Å². The molecule has 3 rings (SSSR count). The lowest BCUT2D eigenvalue weighted by Crippen LogP contribution is -2.43. The van der Waals surface area contributed by atoms with Crippen molar-refractivity contribution < 1.29 is 4.39 Å². The second-order valence-corrected chi connectivity index (χ2v) is 6.57. The lowest BCUT2D eigenvalue weighted by atomic mass is 10.0. The molecule has 0 atom stereocenters. The average molecular weight is 327 g/mol. The van der Waals surface area contributed by atoms with E-state index in [4.69, 9.17) is 0 Å². The van der Waals surface area contributed by atoms with E-state index in [1.165, 1.54) is 44.8 Å². The average Bonchev–Trinajstić information content (AvgIpc) is 3.25. The Morgan fingerprint density at radius 3 is 2.63 bits per heavy atom. The second kappa shape index (κ2) is 5.90. The number of likely N-dealkylation sites (tertiary alicyclic amines) is 1. The Morgan fingerprint density at radius 2 is 1.95 bits per heavy atom. The van der Waals surface area contributed by atoms with Crippen molar-refractivity contribution in [1.29, 1.82) is 0 Å². The van der Waals surface area contributed by atoms with Crippen molar-refractivity contribution in [1.82, 2.24) is 10.2 Å². The monoisotopic (exact) mass is 326 g/mol. The Labute approximate surface area is 122 Å². The van der Waals surface area contributed by atoms with Gasteiger partial charge in [0.2, 0.25) is 0 Å². The maximum absolute atomic E-state index is 13.6. The molecule has 0 unspecified atom stereocenters. The molecule has 1 aliphatic carbocycles. The summed E-state index contributed by atoms with van der Waals surface area (Å²) in [6.45, 7) is 3.02. The van der Waals surface area contributed by atoms with Crippen LogP contribution in [0.5, 0.6) is 0 Å². The number of rotatable bonds is 4. The van der Waals surface area contributed by atoms with Gasteiger partial charge in [-0.15, -0.1) is 0 Å². The van der Waals surface area contributed by atoms with Crippen LogP contribution in [0.25, 0.3) is 0 Å². The first-order valence-corrected chi connectivity index (χ1v) is 7.93. The van der Waals surface area contributed by atoms with E-state index >= 15 is 0 Å². The van der Waals surface area contributed by atoms with Crippen LogP contribution in [0.2, 0.25) is 0 Å². The third-order valence-corrected chi connectivity index (χ3v) is 4.68. The molecule has 104 valence electrons. The second-order valence-electron chi connectivity index (χ2n) is 5.66. The molecular weight excluding hydrogens is 307 g/mol. The fraction of sp³-hybridized carbons (Fsp3) is 0.600. The van der Waals surface area contributed by atoms with Crippen LogP contribution in [0.4, 0.5) is 4.39 Å². The molecule has 19 heavy (non-hydrogen) atoms. The molecule has 1 aromatic rings. The summed E-state index contributed by atoms with van der Waals surface area (Å²) in [6.07, 6.45) is 5.15. The number of nitrogens with one attached hydrogen (secondary N) is 1. The quantitative estimate of drug-likeness (QED) is 0.913. The maximum atomic E-state index is 13.6. The van der Waals surface area contributed by atoms with Gasteiger partial charge >= 0.3 is 0 Å². The van der Waals surface area contributed by atoms with Gasteiger partial charge in [-0.1, -0.05) is 15.9 Å². The zero-order valence-electron chi connectivity index (χ0n) is 11.0. The summed E-state index contributed by atoms with van der Waals surface area (Å²) < 4.78 is 14.6. The Kier molecular flexibility index (Phi) is 4.20. The van der Waals surface area contributed by atoms with E-state index in [2.05, 4.69) is 26.1 Å². The predicted molar refractivity (Wildman–Crippen MR) is 78.6 cm³/mol. The van der Waals surface area contributed by atoms with Crippen LogP contribution in [-0.4, -0.2) is 30.1 Å². The van der Waals surface area contributed by atoms with Crippen LogP contribution >= 0.6 is 15.9 Å². The molecule has 1 heterocycles. The highest BCUT2D eigenvalue weighted by Gasteiger charge is 2.31. The molecule has 0 bridgehead atoms. The number of piperidine rings is 1. The topological polar surface area (TPSA) is 15.3 Å². The fourth-order valence-corrected chi connectivity index (χ4v) is 3.25. The summed E-state index contributed by atoms with van der Waals surface area (Å²) in [5.41, 5.74) is 0.749. The normalized spacial score (nSPS) is 21.8. The van der Waals surface area contributed by atoms with Crippen LogP contribution in [-0.2, 0) is 6.54 Å². The zero-order chi connectivity index (χ0) is 13.2. The number of hydrogen-bond acceptors (Lipinski definition) is 2. The van der Waals surface area contributed by atoms with Crippen molar-refractivity contribution >= 4 is 15.9 Å². The van der Waals surface area contributed by atoms with Crippen LogP contribution in [0.3, 0.4) is 0 Å². The Balaban J connectivity index is 1.48. The highest BCUT2D eigenvalue weighted by molar-refractivity contribution is 9.10. The lowest BCUT2D eigenvalue weighted by Gasteiger charge is -2.32. The van der Waals surface area contributed by atoms with Gasteiger partial charge in [0.1, 0.15) is 5.82 Å². The molecule has 0 aromatic heterocycles. The SMILES string of the molecule is Fc1ccc(Br)cc1CNC1CCN(C2CC2)CC1. The summed E-state index contributed by atoms with van der Waals surface area (Å²) in [5, 5.41) is 3.50. The first-order valence-electron chi connectivity index (χ1n) is 7.14. The van der Waals surface area contributed by atoms with Gasteiger partial charge in [0, 0.05) is 28.7 Å². The van der Waals surface area contributed by atoms with Gasteiger partial charge in [0.25, 0.3) is 0 Å². The summed E-state index contributed by atoms with van der Waals surface area (Å²) in [5.74, 6) is -0.119. The zero-order valence-corrected chi connectivity index (χ0v) is 12.6. The van der Waals surface area contributed by atoms with Crippen molar-refractivity contribution in [2.24, 2.45) is 0 Å². The van der Waals surface area contributed by atoms with Crippen LogP contribution in [0.15, 0.2) is 22.7 Å². The molecule has 0 amide bonds. The smallest absolute Gasteiger partial charge is 0.127 e. The van der Waals surface area contributed by atoms with Crippen molar-refractivity contribution in [2.45, 2.75) is 44.3 Å². The van der Waals surface area contributed by atoms with Gasteiger partial charge in [-0.2, -0.15) is 0 Å². The summed E-state index contributed by atoms with van der Waals surface area (Å²) >= 11 is 3.39. The van der Waals surface area contributed by atoms with E-state index in [0.717, 1.165) is 16.1 Å². The van der Waals surface area contributed by atoms with Gasteiger partial charge < -0.3 is 10.2 Å². The van der Waals surface area contributed by atoms with Crippen molar-refractivity contribution in [3.05, 3.63) is 34.1 Å². The predicted octanol–water partition coefficient (Wildman–Crippen LogP) is 3.30. The Morgan fingerprint density at radius 1 is 1.21 bits per heavy atom. The molecule has 2 aliphatic rings. The highest BCUT2D eigenvalue weighted by atomic mass is 79.9. The molecule has 0 radical (unpaired) electrons. The lowest BCUT2D eigenvalue weighted by molar-refractivity contribution is 0.189. The summed E-state index contributed by atoms with van der Waals surface area (Å²) in [7, 11) is 0. The van der Waals surface area contributed by atoms with E-state index < -0.39 is 0 Å². The third-order valence-electron chi connectivity index (χ3n) is 4.18. The minimum Gasteiger partial charge on any atom is -0.310 e. The van der Waals surface area contributed by atoms with Crippen LogP contribution < -0.4 is 5.32 Å².